The smallest absolute Gasteiger partial charge is 0.412 e. The number of carbonyl (C=O) groups is 1. The fourth-order valence-electron chi connectivity index (χ4n) is 6.03. The highest BCUT2D eigenvalue weighted by atomic mass is 16.4. The maximum atomic E-state index is 12.1. The van der Waals surface area contributed by atoms with Crippen molar-refractivity contribution in [3.8, 4) is 0 Å². The van der Waals surface area contributed by atoms with Crippen LogP contribution in [0.3, 0.4) is 0 Å². The van der Waals surface area contributed by atoms with Gasteiger partial charge in [-0.15, -0.1) is 5.10 Å². The molecule has 0 saturated heterocycles. The lowest BCUT2D eigenvalue weighted by Crippen LogP contribution is -2.41. The lowest BCUT2D eigenvalue weighted by molar-refractivity contribution is 0.198. The minimum Gasteiger partial charge on any atom is -0.465 e. The van der Waals surface area contributed by atoms with E-state index >= 15 is 0 Å². The Morgan fingerprint density at radius 3 is 2.77 bits per heavy atom. The van der Waals surface area contributed by atoms with Crippen molar-refractivity contribution in [2.24, 2.45) is 0 Å². The van der Waals surface area contributed by atoms with Crippen LogP contribution in [0.1, 0.15) is 73.8 Å². The molecule has 180 valence electrons. The lowest BCUT2D eigenvalue weighted by Gasteiger charge is -2.33. The number of aryl methyl sites for hydroxylation is 1. The molecule has 0 bridgehead atoms. The third kappa shape index (κ3) is 3.84. The molecule has 9 heteroatoms. The Kier molecular flexibility index (Phi) is 5.47. The zero-order valence-electron chi connectivity index (χ0n) is 19.8. The maximum Gasteiger partial charge on any atom is 0.412 e. The van der Waals surface area contributed by atoms with Crippen molar-refractivity contribution >= 4 is 22.8 Å². The van der Waals surface area contributed by atoms with Gasteiger partial charge in [-0.05, 0) is 67.2 Å². The largest absolute Gasteiger partial charge is 0.465 e. The number of rotatable bonds is 4. The third-order valence-electron chi connectivity index (χ3n) is 7.70. The van der Waals surface area contributed by atoms with Crippen LogP contribution >= 0.6 is 0 Å². The Morgan fingerprint density at radius 2 is 2.00 bits per heavy atom. The fourth-order valence-corrected chi connectivity index (χ4v) is 6.03. The molecule has 1 fully saturated rings. The molecule has 2 aromatic heterocycles. The van der Waals surface area contributed by atoms with Gasteiger partial charge in [-0.2, -0.15) is 0 Å². The fraction of sp³-hybridized carbons (Fsp3) is 0.423. The zero-order valence-corrected chi connectivity index (χ0v) is 19.8. The summed E-state index contributed by atoms with van der Waals surface area (Å²) in [5, 5.41) is 24.6. The standard InChI is InChI=1S/C26H29N7O2/c1-16-10-11-20-21(32(16)26(34)35)12-13-22-24(20)27-23(14-17-6-3-2-4-7-17)33(22)19-9-5-8-18(15-19)25-28-30-31-29-25/h2-4,6-7,12-13,16,18-19H,5,8-11,14-15H2,1H3,(H,34,35)(H,28,29,30,31)/t16?,18-,19+/m0/s1. The number of aromatic nitrogens is 6. The van der Waals surface area contributed by atoms with Crippen molar-refractivity contribution in [3.05, 3.63) is 65.2 Å². The van der Waals surface area contributed by atoms with Crippen LogP contribution in [-0.2, 0) is 12.8 Å². The number of nitrogens with one attached hydrogen (secondary N) is 1. The van der Waals surface area contributed by atoms with Gasteiger partial charge in [0.2, 0.25) is 0 Å². The number of fused-ring (bicyclic) bond motifs is 3. The van der Waals surface area contributed by atoms with Crippen LogP contribution in [0.25, 0.3) is 11.0 Å². The SMILES string of the molecule is CC1CCc2c(ccc3c2nc(Cc2ccccc2)n3[C@@H]2CCC[C@H](c3nnn[nH]3)C2)N1C(=O)O. The van der Waals surface area contributed by atoms with Crippen molar-refractivity contribution < 1.29 is 9.90 Å². The predicted octanol–water partition coefficient (Wildman–Crippen LogP) is 4.86. The van der Waals surface area contributed by atoms with E-state index in [0.717, 1.165) is 78.9 Å². The van der Waals surface area contributed by atoms with Crippen LogP contribution in [0.15, 0.2) is 42.5 Å². The molecule has 9 nitrogen and oxygen atoms in total. The van der Waals surface area contributed by atoms with E-state index in [2.05, 4.69) is 55.5 Å². The van der Waals surface area contributed by atoms with E-state index in [9.17, 15) is 9.90 Å². The number of aromatic amines is 1. The number of imidazole rings is 1. The highest BCUT2D eigenvalue weighted by Gasteiger charge is 2.33. The summed E-state index contributed by atoms with van der Waals surface area (Å²) in [6, 6.07) is 14.7. The van der Waals surface area contributed by atoms with Gasteiger partial charge in [0.15, 0.2) is 5.82 Å². The van der Waals surface area contributed by atoms with E-state index in [4.69, 9.17) is 4.98 Å². The molecule has 1 aliphatic carbocycles. The number of benzene rings is 2. The van der Waals surface area contributed by atoms with Gasteiger partial charge in [0.1, 0.15) is 5.82 Å². The van der Waals surface area contributed by atoms with E-state index in [0.29, 0.717) is 0 Å². The number of amides is 1. The van der Waals surface area contributed by atoms with Gasteiger partial charge in [-0.1, -0.05) is 36.8 Å². The quantitative estimate of drug-likeness (QED) is 0.440. The first-order valence-corrected chi connectivity index (χ1v) is 12.4. The van der Waals surface area contributed by atoms with Gasteiger partial charge in [0.05, 0.1) is 16.7 Å². The molecular weight excluding hydrogens is 442 g/mol. The van der Waals surface area contributed by atoms with Crippen LogP contribution in [0.2, 0.25) is 0 Å². The normalized spacial score (nSPS) is 22.3. The van der Waals surface area contributed by atoms with Crippen molar-refractivity contribution in [2.45, 2.75) is 69.9 Å². The van der Waals surface area contributed by atoms with Crippen LogP contribution in [0.4, 0.5) is 10.5 Å². The summed E-state index contributed by atoms with van der Waals surface area (Å²) >= 11 is 0. The number of tetrazole rings is 1. The Hall–Kier alpha value is -3.75. The van der Waals surface area contributed by atoms with E-state index in [1.165, 1.54) is 10.5 Å². The molecule has 35 heavy (non-hydrogen) atoms. The summed E-state index contributed by atoms with van der Waals surface area (Å²) in [6.07, 6.45) is 5.62. The second-order valence-corrected chi connectivity index (χ2v) is 9.84. The molecule has 0 spiro atoms. The molecule has 1 aliphatic heterocycles. The van der Waals surface area contributed by atoms with Gasteiger partial charge in [-0.25, -0.2) is 14.9 Å². The summed E-state index contributed by atoms with van der Waals surface area (Å²) in [5.74, 6) is 2.17. The van der Waals surface area contributed by atoms with Crippen LogP contribution in [-0.4, -0.2) is 47.4 Å². The van der Waals surface area contributed by atoms with Crippen molar-refractivity contribution in [1.82, 2.24) is 30.2 Å². The summed E-state index contributed by atoms with van der Waals surface area (Å²) in [5.41, 5.74) is 5.06. The number of H-pyrrole nitrogens is 1. The molecule has 3 heterocycles. The van der Waals surface area contributed by atoms with Gasteiger partial charge < -0.3 is 9.67 Å². The average Bonchev–Trinajstić information content (AvgIpc) is 3.52. The highest BCUT2D eigenvalue weighted by molar-refractivity contribution is 5.94. The van der Waals surface area contributed by atoms with Gasteiger partial charge in [0.25, 0.3) is 0 Å². The van der Waals surface area contributed by atoms with Gasteiger partial charge in [-0.3, -0.25) is 4.90 Å². The van der Waals surface area contributed by atoms with Crippen LogP contribution in [0, 0.1) is 0 Å². The number of hydrogen-bond acceptors (Lipinski definition) is 5. The van der Waals surface area contributed by atoms with Gasteiger partial charge in [0, 0.05) is 30.0 Å². The van der Waals surface area contributed by atoms with E-state index in [1.807, 2.05) is 19.1 Å². The second-order valence-electron chi connectivity index (χ2n) is 9.84. The Bertz CT molecular complexity index is 1350. The molecule has 2 aromatic carbocycles. The minimum absolute atomic E-state index is 0.0436. The van der Waals surface area contributed by atoms with Gasteiger partial charge >= 0.3 is 6.09 Å². The molecule has 1 saturated carbocycles. The van der Waals surface area contributed by atoms with Crippen molar-refractivity contribution in [3.63, 3.8) is 0 Å². The van der Waals surface area contributed by atoms with Crippen LogP contribution in [0.5, 0.6) is 0 Å². The molecule has 0 radical (unpaired) electrons. The maximum absolute atomic E-state index is 12.1. The first-order chi connectivity index (χ1) is 17.1. The Morgan fingerprint density at radius 1 is 1.14 bits per heavy atom. The van der Waals surface area contributed by atoms with E-state index < -0.39 is 6.09 Å². The number of nitrogens with zero attached hydrogens (tertiary/aromatic N) is 6. The van der Waals surface area contributed by atoms with Crippen molar-refractivity contribution in [2.75, 3.05) is 4.90 Å². The third-order valence-corrected chi connectivity index (χ3v) is 7.70. The number of carboxylic acid groups (broad SMARTS) is 1. The first-order valence-electron chi connectivity index (χ1n) is 12.4. The average molecular weight is 472 g/mol. The van der Waals surface area contributed by atoms with E-state index in [-0.39, 0.29) is 18.0 Å². The molecule has 2 aliphatic rings. The molecule has 3 atom stereocenters. The second kappa shape index (κ2) is 8.79. The number of anilines is 1. The minimum atomic E-state index is -0.905. The Balaban J connectivity index is 1.48. The summed E-state index contributed by atoms with van der Waals surface area (Å²) in [4.78, 5) is 18.8. The zero-order chi connectivity index (χ0) is 23.9. The van der Waals surface area contributed by atoms with Crippen molar-refractivity contribution in [1.29, 1.82) is 0 Å². The Labute approximate surface area is 203 Å². The topological polar surface area (TPSA) is 113 Å². The van der Waals surface area contributed by atoms with E-state index in [1.54, 1.807) is 0 Å². The summed E-state index contributed by atoms with van der Waals surface area (Å²) in [7, 11) is 0. The summed E-state index contributed by atoms with van der Waals surface area (Å²) in [6.45, 7) is 1.97. The molecule has 1 amide bonds. The molecule has 2 N–H and O–H groups in total. The molecule has 1 unspecified atom stereocenters. The molecule has 6 rings (SSSR count). The lowest BCUT2D eigenvalue weighted by atomic mass is 9.85. The summed E-state index contributed by atoms with van der Waals surface area (Å²) < 4.78 is 2.42. The van der Waals surface area contributed by atoms with Crippen LogP contribution < -0.4 is 4.90 Å². The first kappa shape index (κ1) is 21.8. The molecule has 4 aromatic rings. The monoisotopic (exact) mass is 471 g/mol. The number of hydrogen-bond donors (Lipinski definition) is 2. The highest BCUT2D eigenvalue weighted by Crippen LogP contribution is 2.42. The molecular formula is C26H29N7O2. The predicted molar refractivity (Wildman–Crippen MR) is 132 cm³/mol.